The molecule has 5 heteroatoms. The number of aliphatic hydroxyl groups excluding tert-OH is 1. The minimum absolute atomic E-state index is 0.0362. The highest BCUT2D eigenvalue weighted by atomic mass is 16.3. The van der Waals surface area contributed by atoms with Crippen molar-refractivity contribution in [3.8, 4) is 0 Å². The number of carbonyl (C=O) groups is 1. The van der Waals surface area contributed by atoms with Crippen LogP contribution in [-0.4, -0.2) is 33.2 Å². The topological polar surface area (TPSA) is 67.2 Å². The quantitative estimate of drug-likeness (QED) is 0.764. The zero-order valence-electron chi connectivity index (χ0n) is 13.0. The number of hydrogen-bond acceptors (Lipinski definition) is 3. The van der Waals surface area contributed by atoms with Crippen LogP contribution in [0.5, 0.6) is 0 Å². The first-order valence-corrected chi connectivity index (χ1v) is 7.23. The van der Waals surface area contributed by atoms with E-state index < -0.39 is 6.10 Å². The van der Waals surface area contributed by atoms with Gasteiger partial charge in [0.05, 0.1) is 12.4 Å². The fourth-order valence-corrected chi connectivity index (χ4v) is 2.26. The molecule has 2 N–H and O–H groups in total. The molecule has 0 radical (unpaired) electrons. The van der Waals surface area contributed by atoms with Gasteiger partial charge in [0.25, 0.3) is 0 Å². The van der Waals surface area contributed by atoms with Gasteiger partial charge in [-0.05, 0) is 12.3 Å². The van der Waals surface area contributed by atoms with Crippen molar-refractivity contribution in [1.82, 2.24) is 14.9 Å². The van der Waals surface area contributed by atoms with Crippen molar-refractivity contribution in [3.05, 3.63) is 18.7 Å². The Balaban J connectivity index is 2.25. The van der Waals surface area contributed by atoms with Gasteiger partial charge in [0, 0.05) is 37.3 Å². The van der Waals surface area contributed by atoms with E-state index in [9.17, 15) is 9.90 Å². The molecule has 0 spiro atoms. The number of rotatable bonds is 8. The molecular formula is C15H27N3O2. The summed E-state index contributed by atoms with van der Waals surface area (Å²) in [7, 11) is 0. The van der Waals surface area contributed by atoms with E-state index in [0.29, 0.717) is 13.0 Å². The number of amides is 1. The van der Waals surface area contributed by atoms with Crippen LogP contribution in [0.1, 0.15) is 40.5 Å². The Morgan fingerprint density at radius 3 is 2.70 bits per heavy atom. The SMILES string of the molecule is CC(C)C(O)C(C)(C)CNC(=O)CCCn1ccnc1. The van der Waals surface area contributed by atoms with Crippen LogP contribution in [0.4, 0.5) is 0 Å². The number of carbonyl (C=O) groups excluding carboxylic acids is 1. The lowest BCUT2D eigenvalue weighted by Crippen LogP contribution is -2.43. The maximum absolute atomic E-state index is 11.8. The summed E-state index contributed by atoms with van der Waals surface area (Å²) in [6, 6.07) is 0. The summed E-state index contributed by atoms with van der Waals surface area (Å²) < 4.78 is 1.96. The van der Waals surface area contributed by atoms with Crippen molar-refractivity contribution >= 4 is 5.91 Å². The summed E-state index contributed by atoms with van der Waals surface area (Å²) in [5.74, 6) is 0.220. The average Bonchev–Trinajstić information content (AvgIpc) is 2.88. The van der Waals surface area contributed by atoms with E-state index >= 15 is 0 Å². The van der Waals surface area contributed by atoms with Crippen LogP contribution >= 0.6 is 0 Å². The van der Waals surface area contributed by atoms with Gasteiger partial charge in [-0.15, -0.1) is 0 Å². The first-order chi connectivity index (χ1) is 9.33. The third-order valence-corrected chi connectivity index (χ3v) is 3.55. The van der Waals surface area contributed by atoms with Crippen molar-refractivity contribution in [1.29, 1.82) is 0 Å². The molecule has 114 valence electrons. The Labute approximate surface area is 121 Å². The minimum atomic E-state index is -0.422. The Hall–Kier alpha value is -1.36. The van der Waals surface area contributed by atoms with E-state index in [1.165, 1.54) is 0 Å². The van der Waals surface area contributed by atoms with E-state index in [2.05, 4.69) is 10.3 Å². The van der Waals surface area contributed by atoms with Crippen molar-refractivity contribution < 1.29 is 9.90 Å². The molecule has 1 unspecified atom stereocenters. The van der Waals surface area contributed by atoms with E-state index in [-0.39, 0.29) is 17.2 Å². The Morgan fingerprint density at radius 1 is 1.45 bits per heavy atom. The smallest absolute Gasteiger partial charge is 0.220 e. The fraction of sp³-hybridized carbons (Fsp3) is 0.733. The van der Waals surface area contributed by atoms with Gasteiger partial charge < -0.3 is 15.0 Å². The molecule has 20 heavy (non-hydrogen) atoms. The van der Waals surface area contributed by atoms with Gasteiger partial charge in [-0.2, -0.15) is 0 Å². The summed E-state index contributed by atoms with van der Waals surface area (Å²) in [6.07, 6.45) is 6.23. The number of aromatic nitrogens is 2. The summed E-state index contributed by atoms with van der Waals surface area (Å²) in [5, 5.41) is 13.0. The highest BCUT2D eigenvalue weighted by Crippen LogP contribution is 2.25. The number of nitrogens with one attached hydrogen (secondary N) is 1. The molecule has 1 aromatic heterocycles. The van der Waals surface area contributed by atoms with Gasteiger partial charge in [-0.3, -0.25) is 4.79 Å². The molecule has 1 rings (SSSR count). The number of nitrogens with zero attached hydrogens (tertiary/aromatic N) is 2. The van der Waals surface area contributed by atoms with Crippen LogP contribution in [0.3, 0.4) is 0 Å². The van der Waals surface area contributed by atoms with Gasteiger partial charge in [0.1, 0.15) is 0 Å². The van der Waals surface area contributed by atoms with Crippen LogP contribution in [-0.2, 0) is 11.3 Å². The van der Waals surface area contributed by atoms with E-state index in [1.54, 1.807) is 12.5 Å². The summed E-state index contributed by atoms with van der Waals surface area (Å²) in [6.45, 7) is 9.22. The third kappa shape index (κ3) is 5.33. The van der Waals surface area contributed by atoms with Gasteiger partial charge >= 0.3 is 0 Å². The average molecular weight is 281 g/mol. The molecule has 1 heterocycles. The molecule has 0 aliphatic rings. The van der Waals surface area contributed by atoms with E-state index in [0.717, 1.165) is 13.0 Å². The van der Waals surface area contributed by atoms with Gasteiger partial charge in [-0.1, -0.05) is 27.7 Å². The maximum Gasteiger partial charge on any atom is 0.220 e. The predicted octanol–water partition coefficient (Wildman–Crippen LogP) is 1.82. The maximum atomic E-state index is 11.8. The molecule has 5 nitrogen and oxygen atoms in total. The predicted molar refractivity (Wildman–Crippen MR) is 79.1 cm³/mol. The Kier molecular flexibility index (Phi) is 6.20. The second-order valence-electron chi connectivity index (χ2n) is 6.36. The standard InChI is InChI=1S/C15H27N3O2/c1-12(2)14(20)15(3,4)10-17-13(19)6-5-8-18-9-7-16-11-18/h7,9,11-12,14,20H,5-6,8,10H2,1-4H3,(H,17,19). The lowest BCUT2D eigenvalue weighted by atomic mass is 9.80. The Morgan fingerprint density at radius 2 is 2.15 bits per heavy atom. The lowest BCUT2D eigenvalue weighted by Gasteiger charge is -2.33. The molecule has 0 aromatic carbocycles. The largest absolute Gasteiger partial charge is 0.392 e. The number of aryl methyl sites for hydroxylation is 1. The number of aliphatic hydroxyl groups is 1. The molecule has 0 saturated heterocycles. The third-order valence-electron chi connectivity index (χ3n) is 3.55. The van der Waals surface area contributed by atoms with Crippen molar-refractivity contribution in [2.75, 3.05) is 6.54 Å². The second kappa shape index (κ2) is 7.43. The van der Waals surface area contributed by atoms with Gasteiger partial charge in [-0.25, -0.2) is 4.98 Å². The lowest BCUT2D eigenvalue weighted by molar-refractivity contribution is -0.122. The van der Waals surface area contributed by atoms with Crippen LogP contribution in [0.2, 0.25) is 0 Å². The normalized spacial score (nSPS) is 13.5. The molecule has 0 bridgehead atoms. The number of imidazole rings is 1. The summed E-state index contributed by atoms with van der Waals surface area (Å²) in [5.41, 5.74) is -0.311. The fourth-order valence-electron chi connectivity index (χ4n) is 2.26. The molecule has 1 aromatic rings. The minimum Gasteiger partial charge on any atom is -0.392 e. The highest BCUT2D eigenvalue weighted by molar-refractivity contribution is 5.75. The molecular weight excluding hydrogens is 254 g/mol. The van der Waals surface area contributed by atoms with Crippen molar-refractivity contribution in [2.45, 2.75) is 53.2 Å². The molecule has 1 amide bonds. The van der Waals surface area contributed by atoms with Crippen molar-refractivity contribution in [2.24, 2.45) is 11.3 Å². The molecule has 0 aliphatic carbocycles. The molecule has 1 atom stereocenters. The molecule has 0 saturated carbocycles. The van der Waals surface area contributed by atoms with Crippen LogP contribution in [0.25, 0.3) is 0 Å². The van der Waals surface area contributed by atoms with Crippen molar-refractivity contribution in [3.63, 3.8) is 0 Å². The molecule has 0 fully saturated rings. The summed E-state index contributed by atoms with van der Waals surface area (Å²) >= 11 is 0. The van der Waals surface area contributed by atoms with E-state index in [1.807, 2.05) is 38.5 Å². The zero-order valence-corrected chi connectivity index (χ0v) is 13.0. The van der Waals surface area contributed by atoms with Crippen LogP contribution < -0.4 is 5.32 Å². The highest BCUT2D eigenvalue weighted by Gasteiger charge is 2.30. The molecule has 0 aliphatic heterocycles. The second-order valence-corrected chi connectivity index (χ2v) is 6.36. The van der Waals surface area contributed by atoms with Crippen LogP contribution in [0, 0.1) is 11.3 Å². The van der Waals surface area contributed by atoms with Gasteiger partial charge in [0.15, 0.2) is 0 Å². The van der Waals surface area contributed by atoms with Crippen LogP contribution in [0.15, 0.2) is 18.7 Å². The zero-order chi connectivity index (χ0) is 15.2. The monoisotopic (exact) mass is 281 g/mol. The Bertz CT molecular complexity index is 399. The summed E-state index contributed by atoms with van der Waals surface area (Å²) in [4.78, 5) is 15.8. The van der Waals surface area contributed by atoms with Gasteiger partial charge in [0.2, 0.25) is 5.91 Å². The first-order valence-electron chi connectivity index (χ1n) is 7.23. The van der Waals surface area contributed by atoms with E-state index in [4.69, 9.17) is 0 Å². The first kappa shape index (κ1) is 16.7. The number of hydrogen-bond donors (Lipinski definition) is 2.